The number of rotatable bonds is 2. The highest BCUT2D eigenvalue weighted by Gasteiger charge is 2.25. The van der Waals surface area contributed by atoms with E-state index in [1.165, 1.54) is 28.1 Å². The molecule has 0 fully saturated rings. The van der Waals surface area contributed by atoms with Crippen LogP contribution in [0.5, 0.6) is 0 Å². The smallest absolute Gasteiger partial charge is 0.328 e. The number of halogens is 1. The molecule has 2 aliphatic rings. The van der Waals surface area contributed by atoms with E-state index in [-0.39, 0.29) is 0 Å². The maximum atomic E-state index is 9.55. The molecule has 2 N–H and O–H groups in total. The van der Waals surface area contributed by atoms with Crippen LogP contribution >= 0.6 is 11.6 Å². The van der Waals surface area contributed by atoms with Crippen LogP contribution in [0.25, 0.3) is 11.3 Å². The minimum atomic E-state index is -1.26. The molecule has 1 aliphatic heterocycles. The van der Waals surface area contributed by atoms with Crippen LogP contribution in [0, 0.1) is 0 Å². The molecule has 0 unspecified atom stereocenters. The van der Waals surface area contributed by atoms with Crippen LogP contribution in [0.15, 0.2) is 41.4 Å². The Labute approximate surface area is 161 Å². The standard InChI is InChI=1S/C16H15ClN2.C4H4O4/c1-10-15-9-11-5-6-12-13(3-2-4-14(12)17)16(11)19(15)8-7-18-10;5-3(6)1-2-4(7)8/h2-4,9H,5-8H2,1H3;1-2H,(H,5,6)(H,7,8)/b;2-1+. The van der Waals surface area contributed by atoms with E-state index in [0.29, 0.717) is 12.2 Å². The third-order valence-corrected chi connectivity index (χ3v) is 4.96. The van der Waals surface area contributed by atoms with Gasteiger partial charge in [0.2, 0.25) is 0 Å². The van der Waals surface area contributed by atoms with Gasteiger partial charge in [-0.15, -0.1) is 0 Å². The predicted octanol–water partition coefficient (Wildman–Crippen LogP) is 3.44. The van der Waals surface area contributed by atoms with E-state index < -0.39 is 11.9 Å². The van der Waals surface area contributed by atoms with Gasteiger partial charge in [0.15, 0.2) is 0 Å². The van der Waals surface area contributed by atoms with Crippen LogP contribution in [0.1, 0.15) is 23.7 Å². The predicted molar refractivity (Wildman–Crippen MR) is 104 cm³/mol. The van der Waals surface area contributed by atoms with E-state index >= 15 is 0 Å². The summed E-state index contributed by atoms with van der Waals surface area (Å²) >= 11 is 6.35. The summed E-state index contributed by atoms with van der Waals surface area (Å²) in [5.41, 5.74) is 7.87. The summed E-state index contributed by atoms with van der Waals surface area (Å²) in [6.07, 6.45) is 3.24. The second-order valence-electron chi connectivity index (χ2n) is 6.30. The van der Waals surface area contributed by atoms with E-state index in [4.69, 9.17) is 21.8 Å². The van der Waals surface area contributed by atoms with Crippen molar-refractivity contribution in [2.45, 2.75) is 26.3 Å². The fourth-order valence-corrected chi connectivity index (χ4v) is 3.75. The van der Waals surface area contributed by atoms with Gasteiger partial charge in [0.1, 0.15) is 0 Å². The number of aliphatic carboxylic acids is 2. The Morgan fingerprint density at radius 3 is 2.56 bits per heavy atom. The fourth-order valence-electron chi connectivity index (χ4n) is 3.48. The zero-order valence-corrected chi connectivity index (χ0v) is 15.5. The molecule has 2 aromatic rings. The number of hydrogen-bond acceptors (Lipinski definition) is 3. The van der Waals surface area contributed by atoms with Crippen LogP contribution in [-0.4, -0.2) is 39.0 Å². The van der Waals surface area contributed by atoms with Gasteiger partial charge in [-0.05, 0) is 43.0 Å². The van der Waals surface area contributed by atoms with Crippen molar-refractivity contribution >= 4 is 29.3 Å². The number of carboxylic acids is 2. The molecule has 0 saturated carbocycles. The van der Waals surface area contributed by atoms with E-state index in [1.807, 2.05) is 6.07 Å². The van der Waals surface area contributed by atoms with E-state index in [1.54, 1.807) is 0 Å². The van der Waals surface area contributed by atoms with Crippen LogP contribution in [-0.2, 0) is 29.0 Å². The molecule has 0 bridgehead atoms. The highest BCUT2D eigenvalue weighted by molar-refractivity contribution is 6.31. The van der Waals surface area contributed by atoms with Gasteiger partial charge in [-0.3, -0.25) is 4.99 Å². The maximum Gasteiger partial charge on any atom is 0.328 e. The van der Waals surface area contributed by atoms with Crippen LogP contribution in [0.2, 0.25) is 5.02 Å². The van der Waals surface area contributed by atoms with Gasteiger partial charge >= 0.3 is 11.9 Å². The molecule has 6 nitrogen and oxygen atoms in total. The minimum Gasteiger partial charge on any atom is -0.478 e. The van der Waals surface area contributed by atoms with Crippen molar-refractivity contribution in [3.8, 4) is 11.3 Å². The Bertz CT molecular complexity index is 957. The summed E-state index contributed by atoms with van der Waals surface area (Å²) in [6.45, 7) is 3.97. The first-order valence-corrected chi connectivity index (χ1v) is 8.91. The summed E-state index contributed by atoms with van der Waals surface area (Å²) in [5, 5.41) is 16.5. The van der Waals surface area contributed by atoms with Gasteiger partial charge < -0.3 is 14.8 Å². The van der Waals surface area contributed by atoms with Crippen molar-refractivity contribution < 1.29 is 19.8 Å². The lowest BCUT2D eigenvalue weighted by Crippen LogP contribution is -2.17. The molecule has 1 aliphatic carbocycles. The second kappa shape index (κ2) is 7.80. The third-order valence-electron chi connectivity index (χ3n) is 4.61. The normalized spacial score (nSPS) is 14.4. The number of fused-ring (bicyclic) bond motifs is 5. The topological polar surface area (TPSA) is 91.9 Å². The van der Waals surface area contributed by atoms with Crippen molar-refractivity contribution in [3.05, 3.63) is 58.3 Å². The number of nitrogens with zero attached hydrogens (tertiary/aromatic N) is 2. The summed E-state index contributed by atoms with van der Waals surface area (Å²) in [4.78, 5) is 23.7. The molecule has 0 amide bonds. The Morgan fingerprint density at radius 2 is 1.89 bits per heavy atom. The Morgan fingerprint density at radius 1 is 1.19 bits per heavy atom. The number of carbonyl (C=O) groups is 2. The first-order chi connectivity index (χ1) is 12.9. The molecule has 1 aromatic heterocycles. The fraction of sp³-hybridized carbons (Fsp3) is 0.250. The molecule has 0 saturated heterocycles. The van der Waals surface area contributed by atoms with Gasteiger partial charge in [0.25, 0.3) is 0 Å². The molecule has 0 spiro atoms. The Kier molecular flexibility index (Phi) is 5.46. The summed E-state index contributed by atoms with van der Waals surface area (Å²) in [7, 11) is 0. The molecule has 2 heterocycles. The van der Waals surface area contributed by atoms with Gasteiger partial charge in [0, 0.05) is 29.3 Å². The van der Waals surface area contributed by atoms with Crippen molar-refractivity contribution in [2.24, 2.45) is 4.99 Å². The van der Waals surface area contributed by atoms with Crippen LogP contribution in [0.3, 0.4) is 0 Å². The average Bonchev–Trinajstić information content (AvgIpc) is 3.01. The first kappa shape index (κ1) is 18.9. The largest absolute Gasteiger partial charge is 0.478 e. The molecule has 0 radical (unpaired) electrons. The summed E-state index contributed by atoms with van der Waals surface area (Å²) in [5.74, 6) is -2.51. The lowest BCUT2D eigenvalue weighted by Gasteiger charge is -2.22. The molecular weight excluding hydrogens is 368 g/mol. The lowest BCUT2D eigenvalue weighted by atomic mass is 9.90. The van der Waals surface area contributed by atoms with Gasteiger partial charge in [-0.2, -0.15) is 0 Å². The van der Waals surface area contributed by atoms with Crippen molar-refractivity contribution in [3.63, 3.8) is 0 Å². The van der Waals surface area contributed by atoms with Crippen molar-refractivity contribution in [2.75, 3.05) is 6.54 Å². The van der Waals surface area contributed by atoms with Crippen molar-refractivity contribution in [1.82, 2.24) is 4.57 Å². The quantitative estimate of drug-likeness (QED) is 0.773. The molecule has 1 aromatic carbocycles. The molecule has 7 heteroatoms. The Balaban J connectivity index is 0.000000226. The zero-order chi connectivity index (χ0) is 19.6. The third kappa shape index (κ3) is 3.95. The van der Waals surface area contributed by atoms with Gasteiger partial charge in [0.05, 0.1) is 23.6 Å². The minimum absolute atomic E-state index is 0.558. The molecular formula is C20H19ClN2O4. The highest BCUT2D eigenvalue weighted by atomic mass is 35.5. The number of aromatic nitrogens is 1. The molecule has 4 rings (SSSR count). The lowest BCUT2D eigenvalue weighted by molar-refractivity contribution is -0.134. The first-order valence-electron chi connectivity index (χ1n) is 8.54. The summed E-state index contributed by atoms with van der Waals surface area (Å²) < 4.78 is 2.42. The van der Waals surface area contributed by atoms with Crippen molar-refractivity contribution in [1.29, 1.82) is 0 Å². The van der Waals surface area contributed by atoms with Crippen LogP contribution < -0.4 is 0 Å². The van der Waals surface area contributed by atoms with E-state index in [9.17, 15) is 9.59 Å². The monoisotopic (exact) mass is 386 g/mol. The number of aryl methyl sites for hydroxylation is 1. The molecule has 140 valence electrons. The van der Waals surface area contributed by atoms with Crippen LogP contribution in [0.4, 0.5) is 0 Å². The number of benzene rings is 1. The average molecular weight is 387 g/mol. The Hall–Kier alpha value is -2.86. The second-order valence-corrected chi connectivity index (χ2v) is 6.71. The number of hydrogen-bond donors (Lipinski definition) is 2. The zero-order valence-electron chi connectivity index (χ0n) is 14.8. The molecule has 27 heavy (non-hydrogen) atoms. The summed E-state index contributed by atoms with van der Waals surface area (Å²) in [6, 6.07) is 8.57. The van der Waals surface area contributed by atoms with Gasteiger partial charge in [-0.25, -0.2) is 9.59 Å². The SMILES string of the molecule is CC1=NCCn2c1cc1c2-c2cccc(Cl)c2CC1.O=C(O)/C=C/C(=O)O. The van der Waals surface area contributed by atoms with E-state index in [2.05, 4.69) is 34.7 Å². The maximum absolute atomic E-state index is 9.55. The highest BCUT2D eigenvalue weighted by Crippen LogP contribution is 2.39. The number of carboxylic acid groups (broad SMARTS) is 2. The van der Waals surface area contributed by atoms with Gasteiger partial charge in [-0.1, -0.05) is 23.7 Å². The molecule has 0 atom stereocenters. The number of aliphatic imine (C=N–C) groups is 1. The van der Waals surface area contributed by atoms with E-state index in [0.717, 1.165) is 36.7 Å².